The lowest BCUT2D eigenvalue weighted by Crippen LogP contribution is -2.46. The minimum absolute atomic E-state index is 0.00799. The second kappa shape index (κ2) is 18.4. The number of aliphatic hydroxyl groups is 1. The van der Waals surface area contributed by atoms with Crippen LogP contribution in [0.3, 0.4) is 0 Å². The van der Waals surface area contributed by atoms with E-state index in [1.807, 2.05) is 30.3 Å². The second-order valence-electron chi connectivity index (χ2n) is 13.5. The molecule has 0 aliphatic carbocycles. The van der Waals surface area contributed by atoms with Crippen molar-refractivity contribution in [3.8, 4) is 11.1 Å². The van der Waals surface area contributed by atoms with Gasteiger partial charge < -0.3 is 30.0 Å². The maximum atomic E-state index is 12.5. The zero-order chi connectivity index (χ0) is 34.6. The number of amides is 2. The normalized spacial score (nSPS) is 22.6. The highest BCUT2D eigenvalue weighted by Crippen LogP contribution is 2.43. The molecule has 0 saturated carbocycles. The lowest BCUT2D eigenvalue weighted by atomic mass is 9.89. The molecular formula is C40H53N3O6. The summed E-state index contributed by atoms with van der Waals surface area (Å²) in [6.45, 7) is 7.41. The quantitative estimate of drug-likeness (QED) is 0.159. The first-order chi connectivity index (χ1) is 23.8. The number of carbonyl (C=O) groups excluding carboxylic acids is 2. The van der Waals surface area contributed by atoms with Gasteiger partial charge in [0.15, 0.2) is 6.29 Å². The van der Waals surface area contributed by atoms with Crippen LogP contribution >= 0.6 is 0 Å². The van der Waals surface area contributed by atoms with E-state index in [4.69, 9.17) is 14.2 Å². The fourth-order valence-corrected chi connectivity index (χ4v) is 6.94. The van der Waals surface area contributed by atoms with Crippen LogP contribution in [-0.4, -0.2) is 67.3 Å². The van der Waals surface area contributed by atoms with Crippen molar-refractivity contribution in [3.05, 3.63) is 95.1 Å². The molecule has 3 aromatic rings. The molecule has 2 amide bonds. The maximum Gasteiger partial charge on any atom is 0.220 e. The van der Waals surface area contributed by atoms with E-state index in [2.05, 4.69) is 64.9 Å². The number of ether oxygens (including phenoxy) is 3. The Labute approximate surface area is 291 Å². The first-order valence-electron chi connectivity index (χ1n) is 17.8. The Morgan fingerprint density at radius 2 is 1.69 bits per heavy atom. The van der Waals surface area contributed by atoms with E-state index in [9.17, 15) is 14.7 Å². The molecule has 2 aliphatic rings. The number of nitrogens with one attached hydrogen (secondary N) is 2. The molecule has 0 bridgehead atoms. The lowest BCUT2D eigenvalue weighted by Gasteiger charge is -2.43. The largest absolute Gasteiger partial charge is 0.392 e. The summed E-state index contributed by atoms with van der Waals surface area (Å²) in [6, 6.07) is 25.1. The van der Waals surface area contributed by atoms with Crippen LogP contribution in [0, 0.1) is 5.92 Å². The van der Waals surface area contributed by atoms with Crippen molar-refractivity contribution in [1.29, 1.82) is 0 Å². The standard InChI is InChI=1S/C40H53N3O6/c1-28-37(25-43-21-9-14-36(43)27-47-3)48-40(49-39(28)32-18-16-30(26-44)17-19-32)35-13-8-12-34(23-35)33-11-7-10-31(22-33)24-42-38(46)15-5-4-6-20-41-29(2)45/h7-8,10-13,16-19,22-23,28,36-37,39-40,44H,4-6,9,14-15,20-21,24-27H2,1-3H3,(H,41,45)(H,42,46)/t28-,36-,37+,39+,40+/m0/s1. The minimum Gasteiger partial charge on any atom is -0.392 e. The summed E-state index contributed by atoms with van der Waals surface area (Å²) in [7, 11) is 1.77. The molecular weight excluding hydrogens is 618 g/mol. The van der Waals surface area contributed by atoms with E-state index in [0.717, 1.165) is 85.2 Å². The topological polar surface area (TPSA) is 109 Å². The van der Waals surface area contributed by atoms with Crippen molar-refractivity contribution >= 4 is 11.8 Å². The van der Waals surface area contributed by atoms with Gasteiger partial charge in [0, 0.05) is 57.6 Å². The van der Waals surface area contributed by atoms with Crippen LogP contribution in [0.5, 0.6) is 0 Å². The van der Waals surface area contributed by atoms with E-state index in [0.29, 0.717) is 25.6 Å². The van der Waals surface area contributed by atoms with Gasteiger partial charge in [-0.25, -0.2) is 0 Å². The van der Waals surface area contributed by atoms with E-state index in [1.165, 1.54) is 6.92 Å². The van der Waals surface area contributed by atoms with Gasteiger partial charge in [0.1, 0.15) is 0 Å². The van der Waals surface area contributed by atoms with Gasteiger partial charge in [0.2, 0.25) is 11.8 Å². The predicted molar refractivity (Wildman–Crippen MR) is 190 cm³/mol. The van der Waals surface area contributed by atoms with Gasteiger partial charge in [0.05, 0.1) is 25.4 Å². The number of carbonyl (C=O) groups is 2. The molecule has 264 valence electrons. The molecule has 5 rings (SSSR count). The molecule has 0 aromatic heterocycles. The Balaban J connectivity index is 1.27. The first-order valence-corrected chi connectivity index (χ1v) is 17.8. The highest BCUT2D eigenvalue weighted by molar-refractivity contribution is 5.76. The molecule has 2 fully saturated rings. The van der Waals surface area contributed by atoms with E-state index >= 15 is 0 Å². The molecule has 2 heterocycles. The molecule has 2 aliphatic heterocycles. The Hall–Kier alpha value is -3.60. The number of likely N-dealkylation sites (tertiary alicyclic amines) is 1. The average molecular weight is 672 g/mol. The maximum absolute atomic E-state index is 12.5. The van der Waals surface area contributed by atoms with Gasteiger partial charge in [-0.1, -0.05) is 74.0 Å². The summed E-state index contributed by atoms with van der Waals surface area (Å²) < 4.78 is 19.1. The summed E-state index contributed by atoms with van der Waals surface area (Å²) >= 11 is 0. The number of nitrogens with zero attached hydrogens (tertiary/aromatic N) is 1. The number of methoxy groups -OCH3 is 1. The smallest absolute Gasteiger partial charge is 0.220 e. The zero-order valence-corrected chi connectivity index (χ0v) is 29.2. The average Bonchev–Trinajstić information content (AvgIpc) is 3.56. The van der Waals surface area contributed by atoms with Crippen molar-refractivity contribution in [1.82, 2.24) is 15.5 Å². The number of hydrogen-bond acceptors (Lipinski definition) is 7. The van der Waals surface area contributed by atoms with Crippen LogP contribution < -0.4 is 10.6 Å². The molecule has 0 spiro atoms. The van der Waals surface area contributed by atoms with Crippen molar-refractivity contribution < 1.29 is 28.9 Å². The SMILES string of the molecule is COC[C@@H]1CCCN1C[C@H]1O[C@@H](c2cccc(-c3cccc(CNC(=O)CCCCCNC(C)=O)c3)c2)O[C@@H](c2ccc(CO)cc2)[C@H]1C. The number of aliphatic hydroxyl groups excluding tert-OH is 1. The van der Waals surface area contributed by atoms with Crippen molar-refractivity contribution in [3.63, 3.8) is 0 Å². The second-order valence-corrected chi connectivity index (χ2v) is 13.5. The molecule has 9 nitrogen and oxygen atoms in total. The first kappa shape index (κ1) is 36.7. The molecule has 3 aromatic carbocycles. The van der Waals surface area contributed by atoms with E-state index in [-0.39, 0.29) is 36.5 Å². The third kappa shape index (κ3) is 10.4. The van der Waals surface area contributed by atoms with Gasteiger partial charge in [-0.15, -0.1) is 0 Å². The lowest BCUT2D eigenvalue weighted by molar-refractivity contribution is -0.276. The third-order valence-electron chi connectivity index (χ3n) is 9.76. The third-order valence-corrected chi connectivity index (χ3v) is 9.76. The van der Waals surface area contributed by atoms with Crippen LogP contribution in [-0.2, 0) is 37.0 Å². The fraction of sp³-hybridized carbons (Fsp3) is 0.500. The predicted octanol–water partition coefficient (Wildman–Crippen LogP) is 6.06. The van der Waals surface area contributed by atoms with Crippen molar-refractivity contribution in [2.24, 2.45) is 5.92 Å². The molecule has 0 unspecified atom stereocenters. The molecule has 49 heavy (non-hydrogen) atoms. The Kier molecular flexibility index (Phi) is 13.8. The van der Waals surface area contributed by atoms with Gasteiger partial charge in [0.25, 0.3) is 0 Å². The molecule has 9 heteroatoms. The zero-order valence-electron chi connectivity index (χ0n) is 29.2. The van der Waals surface area contributed by atoms with Crippen LogP contribution in [0.1, 0.15) is 87.0 Å². The summed E-state index contributed by atoms with van der Waals surface area (Å²) in [6.07, 6.45) is 4.56. The summed E-state index contributed by atoms with van der Waals surface area (Å²) in [5, 5.41) is 15.5. The minimum atomic E-state index is -0.548. The van der Waals surface area contributed by atoms with Crippen molar-refractivity contribution in [2.75, 3.05) is 33.4 Å². The monoisotopic (exact) mass is 671 g/mol. The van der Waals surface area contributed by atoms with Crippen LogP contribution in [0.25, 0.3) is 11.1 Å². The van der Waals surface area contributed by atoms with Crippen LogP contribution in [0.2, 0.25) is 0 Å². The Bertz CT molecular complexity index is 1500. The van der Waals surface area contributed by atoms with Gasteiger partial charge in [-0.2, -0.15) is 0 Å². The number of benzene rings is 3. The molecule has 2 saturated heterocycles. The van der Waals surface area contributed by atoms with E-state index in [1.54, 1.807) is 7.11 Å². The summed E-state index contributed by atoms with van der Waals surface area (Å²) in [5.74, 6) is 0.120. The summed E-state index contributed by atoms with van der Waals surface area (Å²) in [4.78, 5) is 26.0. The van der Waals surface area contributed by atoms with Crippen LogP contribution in [0.15, 0.2) is 72.8 Å². The molecule has 0 radical (unpaired) electrons. The number of unbranched alkanes of at least 4 members (excludes halogenated alkanes) is 2. The number of hydrogen-bond donors (Lipinski definition) is 3. The van der Waals surface area contributed by atoms with Crippen LogP contribution in [0.4, 0.5) is 0 Å². The number of rotatable bonds is 16. The van der Waals surface area contributed by atoms with Gasteiger partial charge >= 0.3 is 0 Å². The molecule has 5 atom stereocenters. The fourth-order valence-electron chi connectivity index (χ4n) is 6.94. The van der Waals surface area contributed by atoms with E-state index < -0.39 is 6.29 Å². The molecule has 3 N–H and O–H groups in total. The summed E-state index contributed by atoms with van der Waals surface area (Å²) in [5.41, 5.74) is 6.05. The Morgan fingerprint density at radius 3 is 2.45 bits per heavy atom. The van der Waals surface area contributed by atoms with Crippen molar-refractivity contribution in [2.45, 2.75) is 90.1 Å². The Morgan fingerprint density at radius 1 is 0.918 bits per heavy atom. The highest BCUT2D eigenvalue weighted by Gasteiger charge is 2.40. The van der Waals surface area contributed by atoms with Gasteiger partial charge in [-0.3, -0.25) is 14.5 Å². The highest BCUT2D eigenvalue weighted by atomic mass is 16.7. The van der Waals surface area contributed by atoms with Gasteiger partial charge in [-0.05, 0) is 72.2 Å².